The van der Waals surface area contributed by atoms with Gasteiger partial charge in [-0.2, -0.15) is 8.78 Å². The molecule has 0 aromatic heterocycles. The van der Waals surface area contributed by atoms with Gasteiger partial charge in [-0.1, -0.05) is 17.7 Å². The molecule has 1 aromatic carbocycles. The third kappa shape index (κ3) is 5.10. The molecule has 22 heavy (non-hydrogen) atoms. The van der Waals surface area contributed by atoms with Crippen LogP contribution in [0.2, 0.25) is 5.02 Å². The number of benzene rings is 1. The van der Waals surface area contributed by atoms with Gasteiger partial charge in [-0.05, 0) is 43.0 Å². The van der Waals surface area contributed by atoms with Crippen LogP contribution in [0, 0.1) is 5.92 Å². The first-order valence-electron chi connectivity index (χ1n) is 7.18. The van der Waals surface area contributed by atoms with E-state index >= 15 is 0 Å². The van der Waals surface area contributed by atoms with Crippen LogP contribution in [0.1, 0.15) is 24.8 Å². The average molecular weight is 333 g/mol. The molecule has 1 fully saturated rings. The fraction of sp³-hybridized carbons (Fsp3) is 0.533. The van der Waals surface area contributed by atoms with Gasteiger partial charge >= 0.3 is 6.61 Å². The van der Waals surface area contributed by atoms with Gasteiger partial charge in [0.05, 0.1) is 5.02 Å². The van der Waals surface area contributed by atoms with Crippen LogP contribution in [-0.2, 0) is 11.3 Å². The van der Waals surface area contributed by atoms with Crippen LogP contribution in [-0.4, -0.2) is 30.5 Å². The monoisotopic (exact) mass is 332 g/mol. The Labute approximate surface area is 133 Å². The van der Waals surface area contributed by atoms with E-state index in [4.69, 9.17) is 17.3 Å². The Morgan fingerprint density at radius 1 is 1.50 bits per heavy atom. The maximum atomic E-state index is 12.2. The zero-order valence-corrected chi connectivity index (χ0v) is 12.9. The van der Waals surface area contributed by atoms with E-state index in [0.29, 0.717) is 13.0 Å². The Morgan fingerprint density at radius 2 is 2.27 bits per heavy atom. The Balaban J connectivity index is 1.95. The number of hydrogen-bond donors (Lipinski definition) is 1. The molecule has 1 saturated heterocycles. The first-order chi connectivity index (χ1) is 10.4. The molecule has 122 valence electrons. The number of nitrogens with two attached hydrogens (primary N) is 1. The number of halogens is 3. The predicted molar refractivity (Wildman–Crippen MR) is 79.9 cm³/mol. The molecule has 1 aliphatic heterocycles. The lowest BCUT2D eigenvalue weighted by Gasteiger charge is -2.32. The summed E-state index contributed by atoms with van der Waals surface area (Å²) in [7, 11) is 0. The molecule has 0 saturated carbocycles. The number of carbonyl (C=O) groups excluding carboxylic acids is 1. The van der Waals surface area contributed by atoms with Crippen molar-refractivity contribution in [3.63, 3.8) is 0 Å². The summed E-state index contributed by atoms with van der Waals surface area (Å²) < 4.78 is 28.7. The highest BCUT2D eigenvalue weighted by Gasteiger charge is 2.21. The summed E-state index contributed by atoms with van der Waals surface area (Å²) in [5.74, 6) is -0.0165. The van der Waals surface area contributed by atoms with Crippen molar-refractivity contribution in [1.82, 2.24) is 4.90 Å². The van der Waals surface area contributed by atoms with Gasteiger partial charge in [0.2, 0.25) is 5.91 Å². The van der Waals surface area contributed by atoms with Crippen LogP contribution < -0.4 is 10.5 Å². The Hall–Kier alpha value is -1.40. The van der Waals surface area contributed by atoms with E-state index in [1.807, 2.05) is 0 Å². The summed E-state index contributed by atoms with van der Waals surface area (Å²) in [6.45, 7) is -0.498. The molecular weight excluding hydrogens is 314 g/mol. The van der Waals surface area contributed by atoms with Gasteiger partial charge in [0.25, 0.3) is 0 Å². The molecule has 7 heteroatoms. The fourth-order valence-corrected chi connectivity index (χ4v) is 3.09. The summed E-state index contributed by atoms with van der Waals surface area (Å²) in [6.07, 6.45) is 2.41. The number of rotatable bonds is 6. The van der Waals surface area contributed by atoms with Crippen LogP contribution in [0.25, 0.3) is 0 Å². The van der Waals surface area contributed by atoms with Crippen LogP contribution in [0.4, 0.5) is 8.78 Å². The van der Waals surface area contributed by atoms with Gasteiger partial charge in [0.1, 0.15) is 5.75 Å². The summed E-state index contributed by atoms with van der Waals surface area (Å²) >= 11 is 5.95. The minimum atomic E-state index is -2.89. The molecule has 1 amide bonds. The van der Waals surface area contributed by atoms with Crippen LogP contribution in [0.5, 0.6) is 5.75 Å². The highest BCUT2D eigenvalue weighted by Crippen LogP contribution is 2.28. The van der Waals surface area contributed by atoms with E-state index in [-0.39, 0.29) is 22.6 Å². The van der Waals surface area contributed by atoms with E-state index in [2.05, 4.69) is 9.64 Å². The molecule has 1 aliphatic rings. The first-order valence-corrected chi connectivity index (χ1v) is 7.55. The van der Waals surface area contributed by atoms with Gasteiger partial charge in [-0.3, -0.25) is 9.69 Å². The van der Waals surface area contributed by atoms with Crippen LogP contribution in [0.15, 0.2) is 18.2 Å². The van der Waals surface area contributed by atoms with E-state index in [1.54, 1.807) is 12.1 Å². The third-order valence-electron chi connectivity index (χ3n) is 3.71. The van der Waals surface area contributed by atoms with Gasteiger partial charge in [0, 0.05) is 19.5 Å². The van der Waals surface area contributed by atoms with Crippen molar-refractivity contribution >= 4 is 17.5 Å². The maximum absolute atomic E-state index is 12.2. The average Bonchev–Trinajstić information content (AvgIpc) is 2.41. The van der Waals surface area contributed by atoms with E-state index in [1.165, 1.54) is 6.07 Å². The summed E-state index contributed by atoms with van der Waals surface area (Å²) in [6, 6.07) is 4.81. The van der Waals surface area contributed by atoms with Crippen LogP contribution >= 0.6 is 11.6 Å². The lowest BCUT2D eigenvalue weighted by Crippen LogP contribution is -2.36. The number of likely N-dealkylation sites (tertiary alicyclic amines) is 1. The zero-order chi connectivity index (χ0) is 16.1. The third-order valence-corrected chi connectivity index (χ3v) is 4.01. The number of amides is 1. The molecule has 1 atom stereocenters. The molecule has 2 N–H and O–H groups in total. The smallest absolute Gasteiger partial charge is 0.387 e. The van der Waals surface area contributed by atoms with Gasteiger partial charge in [0.15, 0.2) is 0 Å². The fourth-order valence-electron chi connectivity index (χ4n) is 2.84. The number of hydrogen-bond acceptors (Lipinski definition) is 3. The number of nitrogens with zero attached hydrogens (tertiary/aromatic N) is 1. The van der Waals surface area contributed by atoms with Gasteiger partial charge in [-0.25, -0.2) is 0 Å². The maximum Gasteiger partial charge on any atom is 0.387 e. The lowest BCUT2D eigenvalue weighted by molar-refractivity contribution is -0.119. The first kappa shape index (κ1) is 17.0. The van der Waals surface area contributed by atoms with Crippen LogP contribution in [0.3, 0.4) is 0 Å². The van der Waals surface area contributed by atoms with E-state index in [9.17, 15) is 13.6 Å². The molecule has 4 nitrogen and oxygen atoms in total. The Morgan fingerprint density at radius 3 is 2.91 bits per heavy atom. The van der Waals surface area contributed by atoms with E-state index < -0.39 is 6.61 Å². The number of carbonyl (C=O) groups is 1. The highest BCUT2D eigenvalue weighted by molar-refractivity contribution is 6.32. The minimum absolute atomic E-state index is 0.0225. The molecule has 0 spiro atoms. The van der Waals surface area contributed by atoms with Crippen molar-refractivity contribution < 1.29 is 18.3 Å². The normalized spacial score (nSPS) is 19.4. The van der Waals surface area contributed by atoms with Crippen molar-refractivity contribution in [1.29, 1.82) is 0 Å². The molecule has 2 rings (SSSR count). The zero-order valence-electron chi connectivity index (χ0n) is 12.1. The molecule has 1 heterocycles. The predicted octanol–water partition coefficient (Wildman–Crippen LogP) is 3.03. The number of piperidine rings is 1. The second-order valence-electron chi connectivity index (χ2n) is 5.56. The van der Waals surface area contributed by atoms with Crippen molar-refractivity contribution in [2.45, 2.75) is 32.4 Å². The second kappa shape index (κ2) is 7.74. The number of alkyl halides is 2. The van der Waals surface area contributed by atoms with Crippen molar-refractivity contribution in [3.8, 4) is 5.75 Å². The number of primary amides is 1. The van der Waals surface area contributed by atoms with Crippen molar-refractivity contribution in [3.05, 3.63) is 28.8 Å². The Kier molecular flexibility index (Phi) is 5.97. The van der Waals surface area contributed by atoms with Crippen molar-refractivity contribution in [2.24, 2.45) is 11.7 Å². The summed E-state index contributed by atoms with van der Waals surface area (Å²) in [5.41, 5.74) is 6.17. The summed E-state index contributed by atoms with van der Waals surface area (Å²) in [5, 5.41) is 0.170. The topological polar surface area (TPSA) is 55.6 Å². The van der Waals surface area contributed by atoms with E-state index in [0.717, 1.165) is 31.5 Å². The Bertz CT molecular complexity index is 528. The number of ether oxygens (including phenoxy) is 1. The largest absolute Gasteiger partial charge is 0.433 e. The molecule has 0 bridgehead atoms. The molecule has 1 aromatic rings. The second-order valence-corrected chi connectivity index (χ2v) is 5.96. The molecule has 0 radical (unpaired) electrons. The lowest BCUT2D eigenvalue weighted by atomic mass is 9.94. The van der Waals surface area contributed by atoms with Gasteiger partial charge < -0.3 is 10.5 Å². The highest BCUT2D eigenvalue weighted by atomic mass is 35.5. The minimum Gasteiger partial charge on any atom is -0.433 e. The summed E-state index contributed by atoms with van der Waals surface area (Å²) in [4.78, 5) is 13.2. The molecular formula is C15H19ClF2N2O2. The standard InChI is InChI=1S/C15H19ClF2N2O2/c16-12-6-11(3-4-13(12)22-15(17)18)9-20-5-1-2-10(8-20)7-14(19)21/h3-4,6,10,15H,1-2,5,7-9H2,(H2,19,21)/t10-/m0/s1. The van der Waals surface area contributed by atoms with Crippen molar-refractivity contribution in [2.75, 3.05) is 13.1 Å². The molecule has 0 aliphatic carbocycles. The quantitative estimate of drug-likeness (QED) is 0.871. The molecule has 0 unspecified atom stereocenters. The SMILES string of the molecule is NC(=O)C[C@@H]1CCCN(Cc2ccc(OC(F)F)c(Cl)c2)C1. The van der Waals surface area contributed by atoms with Gasteiger partial charge in [-0.15, -0.1) is 0 Å².